The van der Waals surface area contributed by atoms with Crippen LogP contribution in [0.5, 0.6) is 0 Å². The molecule has 17 heavy (non-hydrogen) atoms. The summed E-state index contributed by atoms with van der Waals surface area (Å²) in [4.78, 5) is 22.2. The van der Waals surface area contributed by atoms with Crippen molar-refractivity contribution in [3.63, 3.8) is 0 Å². The number of carbonyl (C=O) groups excluding carboxylic acids is 2. The highest BCUT2D eigenvalue weighted by molar-refractivity contribution is 5.75. The molecular weight excluding hydrogens is 212 g/mol. The summed E-state index contributed by atoms with van der Waals surface area (Å²) in [6.07, 6.45) is 9.37. The molecule has 0 spiro atoms. The predicted octanol–water partition coefficient (Wildman–Crippen LogP) is 3.16. The minimum absolute atomic E-state index is 0.294. The normalized spacial score (nSPS) is 34.2. The Morgan fingerprint density at radius 3 is 1.71 bits per heavy atom. The first kappa shape index (κ1) is 12.5. The van der Waals surface area contributed by atoms with Gasteiger partial charge in [-0.25, -0.2) is 0 Å². The molecule has 0 aromatic rings. The Morgan fingerprint density at radius 1 is 0.941 bits per heavy atom. The highest BCUT2D eigenvalue weighted by Crippen LogP contribution is 2.51. The second-order valence-corrected chi connectivity index (χ2v) is 5.76. The molecule has 0 aromatic carbocycles. The molecule has 4 unspecified atom stereocenters. The first-order valence-corrected chi connectivity index (χ1v) is 6.75. The second-order valence-electron chi connectivity index (χ2n) is 5.76. The fourth-order valence-corrected chi connectivity index (χ4v) is 3.62. The highest BCUT2D eigenvalue weighted by atomic mass is 16.1. The number of Topliss-reactive ketones (excluding diaryl/α,β-unsaturated/α-hetero) is 2. The second kappa shape index (κ2) is 5.16. The van der Waals surface area contributed by atoms with Crippen molar-refractivity contribution in [3.05, 3.63) is 12.2 Å². The fourth-order valence-electron chi connectivity index (χ4n) is 3.62. The SMILES string of the molecule is CC(=O)CCC1C2C=CC(C2)C1CCC(C)=O. The molecule has 0 heterocycles. The molecule has 0 aliphatic heterocycles. The van der Waals surface area contributed by atoms with Crippen molar-refractivity contribution in [1.82, 2.24) is 0 Å². The first-order chi connectivity index (χ1) is 8.08. The predicted molar refractivity (Wildman–Crippen MR) is 67.5 cm³/mol. The number of allylic oxidation sites excluding steroid dienone is 2. The first-order valence-electron chi connectivity index (χ1n) is 6.75. The van der Waals surface area contributed by atoms with Crippen molar-refractivity contribution in [1.29, 1.82) is 0 Å². The van der Waals surface area contributed by atoms with E-state index in [9.17, 15) is 9.59 Å². The van der Waals surface area contributed by atoms with Crippen molar-refractivity contribution in [2.45, 2.75) is 46.0 Å². The molecule has 0 amide bonds. The number of fused-ring (bicyclic) bond motifs is 2. The van der Waals surface area contributed by atoms with Gasteiger partial charge >= 0.3 is 0 Å². The van der Waals surface area contributed by atoms with Crippen LogP contribution in [0.3, 0.4) is 0 Å². The topological polar surface area (TPSA) is 34.1 Å². The molecule has 2 rings (SSSR count). The van der Waals surface area contributed by atoms with E-state index in [1.165, 1.54) is 6.42 Å². The minimum Gasteiger partial charge on any atom is -0.300 e. The quantitative estimate of drug-likeness (QED) is 0.661. The standard InChI is InChI=1S/C15H22O2/c1-10(16)3-7-14-12-5-6-13(9-12)15(14)8-4-11(2)17/h5-6,12-15H,3-4,7-9H2,1-2H3. The molecule has 1 saturated carbocycles. The Kier molecular flexibility index (Phi) is 3.80. The molecule has 0 N–H and O–H groups in total. The molecular formula is C15H22O2. The van der Waals surface area contributed by atoms with Gasteiger partial charge in [0.15, 0.2) is 0 Å². The van der Waals surface area contributed by atoms with E-state index in [0.717, 1.165) is 12.8 Å². The summed E-state index contributed by atoms with van der Waals surface area (Å²) in [5.74, 6) is 3.23. The van der Waals surface area contributed by atoms with Crippen LogP contribution in [0.4, 0.5) is 0 Å². The van der Waals surface area contributed by atoms with Crippen LogP contribution in [0, 0.1) is 23.7 Å². The Labute approximate surface area is 103 Å². The largest absolute Gasteiger partial charge is 0.300 e. The van der Waals surface area contributed by atoms with Crippen LogP contribution in [0.1, 0.15) is 46.0 Å². The lowest BCUT2D eigenvalue weighted by Crippen LogP contribution is -2.21. The van der Waals surface area contributed by atoms with Gasteiger partial charge in [0.05, 0.1) is 0 Å². The number of ketones is 2. The average molecular weight is 234 g/mol. The van der Waals surface area contributed by atoms with Gasteiger partial charge in [0.1, 0.15) is 11.6 Å². The van der Waals surface area contributed by atoms with Gasteiger partial charge in [-0.15, -0.1) is 0 Å². The number of hydrogen-bond donors (Lipinski definition) is 0. The van der Waals surface area contributed by atoms with E-state index in [-0.39, 0.29) is 0 Å². The zero-order valence-corrected chi connectivity index (χ0v) is 10.8. The summed E-state index contributed by atoms with van der Waals surface area (Å²) in [7, 11) is 0. The lowest BCUT2D eigenvalue weighted by atomic mass is 9.77. The van der Waals surface area contributed by atoms with Gasteiger partial charge in [0, 0.05) is 12.8 Å². The number of rotatable bonds is 6. The van der Waals surface area contributed by atoms with E-state index in [4.69, 9.17) is 0 Å². The van der Waals surface area contributed by atoms with Crippen LogP contribution in [0.15, 0.2) is 12.2 Å². The van der Waals surface area contributed by atoms with Gasteiger partial charge in [-0.3, -0.25) is 0 Å². The van der Waals surface area contributed by atoms with Crippen LogP contribution < -0.4 is 0 Å². The molecule has 0 aromatic heterocycles. The smallest absolute Gasteiger partial charge is 0.129 e. The van der Waals surface area contributed by atoms with Crippen LogP contribution in [-0.4, -0.2) is 11.6 Å². The number of hydrogen-bond acceptors (Lipinski definition) is 2. The van der Waals surface area contributed by atoms with Crippen LogP contribution in [0.25, 0.3) is 0 Å². The van der Waals surface area contributed by atoms with E-state index in [1.807, 2.05) is 0 Å². The maximum Gasteiger partial charge on any atom is 0.129 e. The Bertz CT molecular complexity index is 311. The maximum atomic E-state index is 11.1. The Morgan fingerprint density at radius 2 is 1.35 bits per heavy atom. The lowest BCUT2D eigenvalue weighted by molar-refractivity contribution is -0.118. The fraction of sp³-hybridized carbons (Fsp3) is 0.733. The van der Waals surface area contributed by atoms with Gasteiger partial charge < -0.3 is 9.59 Å². The van der Waals surface area contributed by atoms with Crippen molar-refractivity contribution >= 4 is 11.6 Å². The van der Waals surface area contributed by atoms with Gasteiger partial charge in [0.25, 0.3) is 0 Å². The van der Waals surface area contributed by atoms with Crippen molar-refractivity contribution in [2.24, 2.45) is 23.7 Å². The van der Waals surface area contributed by atoms with Gasteiger partial charge in [-0.05, 0) is 56.8 Å². The Balaban J connectivity index is 1.94. The summed E-state index contributed by atoms with van der Waals surface area (Å²) in [5.41, 5.74) is 0. The van der Waals surface area contributed by atoms with Crippen molar-refractivity contribution < 1.29 is 9.59 Å². The molecule has 0 saturated heterocycles. The third-order valence-electron chi connectivity index (χ3n) is 4.46. The molecule has 2 bridgehead atoms. The van der Waals surface area contributed by atoms with E-state index in [0.29, 0.717) is 48.1 Å². The molecule has 2 aliphatic carbocycles. The van der Waals surface area contributed by atoms with E-state index < -0.39 is 0 Å². The zero-order valence-electron chi connectivity index (χ0n) is 10.8. The monoisotopic (exact) mass is 234 g/mol. The van der Waals surface area contributed by atoms with Gasteiger partial charge in [-0.2, -0.15) is 0 Å². The molecule has 2 nitrogen and oxygen atoms in total. The average Bonchev–Trinajstić information content (AvgIpc) is 2.83. The van der Waals surface area contributed by atoms with Crippen molar-refractivity contribution in [3.8, 4) is 0 Å². The molecule has 1 fully saturated rings. The maximum absolute atomic E-state index is 11.1. The zero-order chi connectivity index (χ0) is 12.4. The highest BCUT2D eigenvalue weighted by Gasteiger charge is 2.43. The summed E-state index contributed by atoms with van der Waals surface area (Å²) in [6.45, 7) is 3.35. The van der Waals surface area contributed by atoms with E-state index >= 15 is 0 Å². The third kappa shape index (κ3) is 2.85. The lowest BCUT2D eigenvalue weighted by Gasteiger charge is -2.27. The molecule has 2 heteroatoms. The molecule has 94 valence electrons. The van der Waals surface area contributed by atoms with E-state index in [2.05, 4.69) is 12.2 Å². The third-order valence-corrected chi connectivity index (χ3v) is 4.46. The van der Waals surface area contributed by atoms with Crippen LogP contribution in [0.2, 0.25) is 0 Å². The summed E-state index contributed by atoms with van der Waals surface area (Å²) >= 11 is 0. The molecule has 0 radical (unpaired) electrons. The van der Waals surface area contributed by atoms with Crippen molar-refractivity contribution in [2.75, 3.05) is 0 Å². The van der Waals surface area contributed by atoms with Gasteiger partial charge in [0.2, 0.25) is 0 Å². The number of carbonyl (C=O) groups is 2. The Hall–Kier alpha value is -0.920. The summed E-state index contributed by atoms with van der Waals surface area (Å²) < 4.78 is 0. The van der Waals surface area contributed by atoms with Crippen LogP contribution in [-0.2, 0) is 9.59 Å². The molecule has 2 aliphatic rings. The summed E-state index contributed by atoms with van der Waals surface area (Å²) in [6, 6.07) is 0. The van der Waals surface area contributed by atoms with E-state index in [1.54, 1.807) is 13.8 Å². The molecule has 4 atom stereocenters. The minimum atomic E-state index is 0.294. The van der Waals surface area contributed by atoms with Crippen LogP contribution >= 0.6 is 0 Å². The summed E-state index contributed by atoms with van der Waals surface area (Å²) in [5, 5.41) is 0. The van der Waals surface area contributed by atoms with Gasteiger partial charge in [-0.1, -0.05) is 12.2 Å².